The molecule has 0 unspecified atom stereocenters. The maximum absolute atomic E-state index is 11.9. The molecule has 1 rings (SSSR count). The van der Waals surface area contributed by atoms with Crippen LogP contribution in [0.15, 0.2) is 16.3 Å². The van der Waals surface area contributed by atoms with E-state index in [2.05, 4.69) is 4.99 Å². The topological polar surface area (TPSA) is 49.7 Å². The Labute approximate surface area is 90.9 Å². The van der Waals surface area contributed by atoms with Crippen LogP contribution >= 0.6 is 0 Å². The monoisotopic (exact) mass is 209 g/mol. The van der Waals surface area contributed by atoms with Crippen LogP contribution in [0.2, 0.25) is 0 Å². The van der Waals surface area contributed by atoms with E-state index >= 15 is 0 Å². The van der Waals surface area contributed by atoms with Gasteiger partial charge in [-0.1, -0.05) is 20.8 Å². The minimum atomic E-state index is -0.128. The van der Waals surface area contributed by atoms with E-state index in [0.717, 1.165) is 0 Å². The lowest BCUT2D eigenvalue weighted by atomic mass is 9.75. The van der Waals surface area contributed by atoms with Crippen molar-refractivity contribution in [3.05, 3.63) is 11.3 Å². The Morgan fingerprint density at radius 2 is 2.07 bits per heavy atom. The molecular formula is C12H19NO2. The van der Waals surface area contributed by atoms with Crippen molar-refractivity contribution in [3.63, 3.8) is 0 Å². The summed E-state index contributed by atoms with van der Waals surface area (Å²) < 4.78 is 0. The van der Waals surface area contributed by atoms with E-state index in [1.165, 1.54) is 0 Å². The third-order valence-electron chi connectivity index (χ3n) is 2.75. The first-order chi connectivity index (χ1) is 6.91. The Bertz CT molecular complexity index is 338. The molecule has 0 saturated heterocycles. The van der Waals surface area contributed by atoms with Gasteiger partial charge in [0, 0.05) is 25.6 Å². The van der Waals surface area contributed by atoms with E-state index in [0.29, 0.717) is 30.5 Å². The third-order valence-corrected chi connectivity index (χ3v) is 2.75. The molecule has 0 aromatic rings. The lowest BCUT2D eigenvalue weighted by Crippen LogP contribution is -2.29. The second kappa shape index (κ2) is 4.17. The van der Waals surface area contributed by atoms with E-state index in [9.17, 15) is 9.90 Å². The van der Waals surface area contributed by atoms with Gasteiger partial charge in [0.05, 0.1) is 5.57 Å². The molecule has 0 radical (unpaired) electrons. The number of carbonyl (C=O) groups excluding carboxylic acids is 1. The summed E-state index contributed by atoms with van der Waals surface area (Å²) in [7, 11) is 1.66. The first-order valence-corrected chi connectivity index (χ1v) is 5.32. The Kier molecular flexibility index (Phi) is 3.32. The molecular weight excluding hydrogens is 190 g/mol. The van der Waals surface area contributed by atoms with Crippen molar-refractivity contribution in [2.75, 3.05) is 7.05 Å². The molecule has 0 atom stereocenters. The molecule has 3 heteroatoms. The van der Waals surface area contributed by atoms with Crippen LogP contribution in [0.3, 0.4) is 0 Å². The van der Waals surface area contributed by atoms with Crippen molar-refractivity contribution in [2.45, 2.75) is 40.0 Å². The molecule has 15 heavy (non-hydrogen) atoms. The number of aliphatic hydroxyl groups is 1. The highest BCUT2D eigenvalue weighted by molar-refractivity contribution is 6.23. The summed E-state index contributed by atoms with van der Waals surface area (Å²) in [6.45, 7) is 5.93. The number of hydrogen-bond donors (Lipinski definition) is 1. The number of nitrogens with zero attached hydrogens (tertiary/aromatic N) is 1. The number of carbonyl (C=O) groups is 1. The summed E-state index contributed by atoms with van der Waals surface area (Å²) in [5.41, 5.74) is 1.05. The van der Waals surface area contributed by atoms with Gasteiger partial charge in [-0.25, -0.2) is 0 Å². The lowest BCUT2D eigenvalue weighted by Gasteiger charge is -2.29. The number of aliphatic imine (C=N–C) groups is 1. The van der Waals surface area contributed by atoms with E-state index in [1.54, 1.807) is 7.05 Å². The first kappa shape index (κ1) is 12.0. The number of aliphatic hydroxyl groups excluding tert-OH is 1. The number of rotatable bonds is 2. The Morgan fingerprint density at radius 3 is 2.47 bits per heavy atom. The highest BCUT2D eigenvalue weighted by Gasteiger charge is 2.34. The highest BCUT2D eigenvalue weighted by atomic mass is 16.3. The van der Waals surface area contributed by atoms with E-state index in [4.69, 9.17) is 0 Å². The maximum atomic E-state index is 11.9. The fraction of sp³-hybridized carbons (Fsp3) is 0.667. The van der Waals surface area contributed by atoms with Crippen LogP contribution in [0, 0.1) is 5.41 Å². The minimum Gasteiger partial charge on any atom is -0.511 e. The lowest BCUT2D eigenvalue weighted by molar-refractivity contribution is -0.117. The molecule has 0 fully saturated rings. The molecule has 0 aromatic heterocycles. The van der Waals surface area contributed by atoms with Gasteiger partial charge in [-0.3, -0.25) is 9.79 Å². The molecule has 3 nitrogen and oxygen atoms in total. The fourth-order valence-electron chi connectivity index (χ4n) is 2.06. The van der Waals surface area contributed by atoms with Gasteiger partial charge in [0.15, 0.2) is 5.78 Å². The van der Waals surface area contributed by atoms with E-state index in [1.807, 2.05) is 20.8 Å². The van der Waals surface area contributed by atoms with Gasteiger partial charge in [0.1, 0.15) is 5.76 Å². The highest BCUT2D eigenvalue weighted by Crippen LogP contribution is 2.36. The molecule has 1 N–H and O–H groups in total. The fourth-order valence-corrected chi connectivity index (χ4v) is 2.06. The predicted octanol–water partition coefficient (Wildman–Crippen LogP) is 2.67. The number of allylic oxidation sites excluding steroid dienone is 2. The third kappa shape index (κ3) is 2.46. The summed E-state index contributed by atoms with van der Waals surface area (Å²) in [5.74, 6) is 0.227. The zero-order valence-electron chi connectivity index (χ0n) is 9.92. The van der Waals surface area contributed by atoms with Crippen molar-refractivity contribution in [2.24, 2.45) is 10.4 Å². The molecule has 0 amide bonds. The van der Waals surface area contributed by atoms with E-state index < -0.39 is 0 Å². The molecule has 1 aliphatic rings. The molecule has 0 bridgehead atoms. The van der Waals surface area contributed by atoms with Crippen LogP contribution in [0.1, 0.15) is 40.0 Å². The minimum absolute atomic E-state index is 0.0196. The standard InChI is InChI=1S/C12H19NO2/c1-5-8(13-4)11-9(14)6-12(2,3)7-10(11)15/h14H,5-7H2,1-4H3. The molecule has 0 aliphatic heterocycles. The SMILES string of the molecule is CCC(=NC)C1=C(O)CC(C)(C)CC1=O. The summed E-state index contributed by atoms with van der Waals surface area (Å²) in [4.78, 5) is 15.9. The van der Waals surface area contributed by atoms with Crippen LogP contribution in [0.4, 0.5) is 0 Å². The zero-order valence-corrected chi connectivity index (χ0v) is 9.92. The Balaban J connectivity index is 3.13. The van der Waals surface area contributed by atoms with E-state index in [-0.39, 0.29) is 17.0 Å². The van der Waals surface area contributed by atoms with Gasteiger partial charge in [0.25, 0.3) is 0 Å². The summed E-state index contributed by atoms with van der Waals surface area (Å²) in [5, 5.41) is 9.89. The van der Waals surface area contributed by atoms with Gasteiger partial charge in [-0.15, -0.1) is 0 Å². The van der Waals surface area contributed by atoms with Crippen LogP contribution in [-0.2, 0) is 4.79 Å². The smallest absolute Gasteiger partial charge is 0.168 e. The van der Waals surface area contributed by atoms with Crippen molar-refractivity contribution >= 4 is 11.5 Å². The quantitative estimate of drug-likeness (QED) is 0.711. The van der Waals surface area contributed by atoms with Crippen molar-refractivity contribution in [1.82, 2.24) is 0 Å². The van der Waals surface area contributed by atoms with Gasteiger partial charge in [-0.2, -0.15) is 0 Å². The van der Waals surface area contributed by atoms with Crippen LogP contribution in [0.5, 0.6) is 0 Å². The summed E-state index contributed by atoms with van der Waals surface area (Å²) >= 11 is 0. The van der Waals surface area contributed by atoms with Crippen LogP contribution in [0.25, 0.3) is 0 Å². The molecule has 0 spiro atoms. The van der Waals surface area contributed by atoms with Gasteiger partial charge < -0.3 is 5.11 Å². The number of ketones is 1. The first-order valence-electron chi connectivity index (χ1n) is 5.32. The Morgan fingerprint density at radius 1 is 1.47 bits per heavy atom. The van der Waals surface area contributed by atoms with Crippen molar-refractivity contribution in [1.29, 1.82) is 0 Å². The average molecular weight is 209 g/mol. The average Bonchev–Trinajstić information content (AvgIpc) is 2.09. The molecule has 1 aliphatic carbocycles. The molecule has 0 heterocycles. The van der Waals surface area contributed by atoms with Crippen LogP contribution < -0.4 is 0 Å². The Hall–Kier alpha value is -1.12. The number of Topliss-reactive ketones (excluding diaryl/α,β-unsaturated/α-hetero) is 1. The predicted molar refractivity (Wildman–Crippen MR) is 61.3 cm³/mol. The number of hydrogen-bond acceptors (Lipinski definition) is 3. The zero-order chi connectivity index (χ0) is 11.6. The summed E-state index contributed by atoms with van der Waals surface area (Å²) in [6.07, 6.45) is 1.74. The molecule has 84 valence electrons. The molecule has 0 aromatic carbocycles. The van der Waals surface area contributed by atoms with Crippen LogP contribution in [-0.4, -0.2) is 23.6 Å². The normalized spacial score (nSPS) is 22.1. The van der Waals surface area contributed by atoms with Gasteiger partial charge in [-0.05, 0) is 11.8 Å². The maximum Gasteiger partial charge on any atom is 0.168 e. The molecule has 0 saturated carbocycles. The van der Waals surface area contributed by atoms with Crippen molar-refractivity contribution < 1.29 is 9.90 Å². The van der Waals surface area contributed by atoms with Gasteiger partial charge in [0.2, 0.25) is 0 Å². The summed E-state index contributed by atoms with van der Waals surface area (Å²) in [6, 6.07) is 0. The second-order valence-electron chi connectivity index (χ2n) is 4.79. The second-order valence-corrected chi connectivity index (χ2v) is 4.79. The van der Waals surface area contributed by atoms with Gasteiger partial charge >= 0.3 is 0 Å². The van der Waals surface area contributed by atoms with Crippen molar-refractivity contribution in [3.8, 4) is 0 Å². The largest absolute Gasteiger partial charge is 0.511 e.